The Morgan fingerprint density at radius 1 is 1.50 bits per heavy atom. The first-order valence-corrected chi connectivity index (χ1v) is 3.06. The Labute approximate surface area is 67.2 Å². The van der Waals surface area contributed by atoms with Gasteiger partial charge in [-0.3, -0.25) is 9.59 Å². The number of carbonyl (C=O) groups is 2. The van der Waals surface area contributed by atoms with Crippen molar-refractivity contribution in [2.24, 2.45) is 5.11 Å². The maximum Gasteiger partial charge on any atom is 0.312 e. The fraction of sp³-hybridized carbons (Fsp3) is 0.600. The third-order valence-corrected chi connectivity index (χ3v) is 1.11. The standard InChI is InChI=1S/C5H7N3O4/c6-8-7-3(5(11)12)1-2-4(9)10/h3H,1-2H2,(H,9,10)(H,11,12)/t3-/m0/s1. The van der Waals surface area contributed by atoms with Crippen molar-refractivity contribution in [3.05, 3.63) is 10.4 Å². The molecule has 12 heavy (non-hydrogen) atoms. The van der Waals surface area contributed by atoms with Crippen molar-refractivity contribution in [3.63, 3.8) is 0 Å². The summed E-state index contributed by atoms with van der Waals surface area (Å²) >= 11 is 0. The van der Waals surface area contributed by atoms with Crippen molar-refractivity contribution in [3.8, 4) is 0 Å². The molecule has 7 nitrogen and oxygen atoms in total. The fourth-order valence-electron chi connectivity index (χ4n) is 0.553. The van der Waals surface area contributed by atoms with E-state index in [2.05, 4.69) is 10.0 Å². The van der Waals surface area contributed by atoms with Crippen LogP contribution in [-0.2, 0) is 9.59 Å². The van der Waals surface area contributed by atoms with E-state index in [0.717, 1.165) is 0 Å². The van der Waals surface area contributed by atoms with Crippen molar-refractivity contribution in [1.29, 1.82) is 0 Å². The summed E-state index contributed by atoms with van der Waals surface area (Å²) in [6, 6.07) is -1.29. The minimum absolute atomic E-state index is 0.186. The highest BCUT2D eigenvalue weighted by Crippen LogP contribution is 2.02. The largest absolute Gasteiger partial charge is 0.481 e. The molecular weight excluding hydrogens is 166 g/mol. The second kappa shape index (κ2) is 4.97. The van der Waals surface area contributed by atoms with Gasteiger partial charge in [-0.2, -0.15) is 0 Å². The molecule has 0 spiro atoms. The van der Waals surface area contributed by atoms with Gasteiger partial charge >= 0.3 is 11.9 Å². The molecule has 0 aliphatic rings. The summed E-state index contributed by atoms with van der Waals surface area (Å²) in [5, 5.41) is 19.5. The Morgan fingerprint density at radius 3 is 2.42 bits per heavy atom. The molecule has 0 aliphatic carbocycles. The predicted octanol–water partition coefficient (Wildman–Crippen LogP) is 0.615. The van der Waals surface area contributed by atoms with Gasteiger partial charge in [0.05, 0.1) is 0 Å². The van der Waals surface area contributed by atoms with E-state index >= 15 is 0 Å². The summed E-state index contributed by atoms with van der Waals surface area (Å²) in [6.45, 7) is 0. The van der Waals surface area contributed by atoms with Gasteiger partial charge in [-0.1, -0.05) is 5.11 Å². The van der Waals surface area contributed by atoms with Crippen molar-refractivity contribution in [2.45, 2.75) is 18.9 Å². The molecule has 0 aromatic heterocycles. The molecule has 0 amide bonds. The van der Waals surface area contributed by atoms with E-state index in [-0.39, 0.29) is 12.8 Å². The normalized spacial score (nSPS) is 11.3. The van der Waals surface area contributed by atoms with Gasteiger partial charge in [-0.05, 0) is 12.0 Å². The highest BCUT2D eigenvalue weighted by atomic mass is 16.4. The Balaban J connectivity index is 4.05. The average molecular weight is 173 g/mol. The summed E-state index contributed by atoms with van der Waals surface area (Å²) in [5.41, 5.74) is 7.90. The molecule has 0 fully saturated rings. The molecule has 0 saturated carbocycles. The lowest BCUT2D eigenvalue weighted by Gasteiger charge is -2.01. The Bertz CT molecular complexity index is 231. The molecule has 0 unspecified atom stereocenters. The minimum Gasteiger partial charge on any atom is -0.481 e. The van der Waals surface area contributed by atoms with Gasteiger partial charge in [-0.15, -0.1) is 0 Å². The molecule has 1 atom stereocenters. The van der Waals surface area contributed by atoms with E-state index in [1.54, 1.807) is 0 Å². The lowest BCUT2D eigenvalue weighted by molar-refractivity contribution is -0.139. The molecule has 0 aliphatic heterocycles. The SMILES string of the molecule is [N-]=[N+]=N[C@@H](CCC(=O)O)C(=O)O. The zero-order chi connectivity index (χ0) is 9.56. The third-order valence-electron chi connectivity index (χ3n) is 1.11. The van der Waals surface area contributed by atoms with E-state index in [0.29, 0.717) is 0 Å². The molecule has 2 N–H and O–H groups in total. The van der Waals surface area contributed by atoms with Crippen LogP contribution in [0.3, 0.4) is 0 Å². The van der Waals surface area contributed by atoms with Gasteiger partial charge in [0.25, 0.3) is 0 Å². The number of nitrogens with zero attached hydrogens (tertiary/aromatic N) is 3. The summed E-state index contributed by atoms with van der Waals surface area (Å²) < 4.78 is 0. The van der Waals surface area contributed by atoms with E-state index < -0.39 is 18.0 Å². The van der Waals surface area contributed by atoms with Crippen LogP contribution in [0.4, 0.5) is 0 Å². The van der Waals surface area contributed by atoms with Gasteiger partial charge < -0.3 is 10.2 Å². The summed E-state index contributed by atoms with van der Waals surface area (Å²) in [5.74, 6) is -2.43. The molecule has 0 heterocycles. The van der Waals surface area contributed by atoms with Crippen molar-refractivity contribution in [2.75, 3.05) is 0 Å². The highest BCUT2D eigenvalue weighted by molar-refractivity contribution is 5.75. The molecule has 7 heteroatoms. The topological polar surface area (TPSA) is 123 Å². The lowest BCUT2D eigenvalue weighted by Crippen LogP contribution is -2.18. The van der Waals surface area contributed by atoms with Crippen LogP contribution in [0.25, 0.3) is 10.4 Å². The van der Waals surface area contributed by atoms with Crippen LogP contribution in [0.1, 0.15) is 12.8 Å². The first kappa shape index (κ1) is 10.2. The Morgan fingerprint density at radius 2 is 2.08 bits per heavy atom. The zero-order valence-corrected chi connectivity index (χ0v) is 6.04. The van der Waals surface area contributed by atoms with Crippen LogP contribution in [0.5, 0.6) is 0 Å². The molecule has 0 saturated heterocycles. The second-order valence-corrected chi connectivity index (χ2v) is 1.99. The zero-order valence-electron chi connectivity index (χ0n) is 6.04. The second-order valence-electron chi connectivity index (χ2n) is 1.99. The molecule has 0 bridgehead atoms. The summed E-state index contributed by atoms with van der Waals surface area (Å²) in [6.07, 6.45) is -0.509. The van der Waals surface area contributed by atoms with Crippen LogP contribution in [0.15, 0.2) is 5.11 Å². The number of carboxylic acid groups (broad SMARTS) is 2. The van der Waals surface area contributed by atoms with Gasteiger partial charge in [0, 0.05) is 11.3 Å². The van der Waals surface area contributed by atoms with Gasteiger partial charge in [0.15, 0.2) is 0 Å². The van der Waals surface area contributed by atoms with Crippen molar-refractivity contribution in [1.82, 2.24) is 0 Å². The van der Waals surface area contributed by atoms with Gasteiger partial charge in [0.1, 0.15) is 6.04 Å². The lowest BCUT2D eigenvalue weighted by atomic mass is 10.2. The number of hydrogen-bond acceptors (Lipinski definition) is 3. The Kier molecular flexibility index (Phi) is 4.25. The first-order chi connectivity index (χ1) is 5.57. The van der Waals surface area contributed by atoms with E-state index in [9.17, 15) is 9.59 Å². The smallest absolute Gasteiger partial charge is 0.312 e. The van der Waals surface area contributed by atoms with E-state index in [1.807, 2.05) is 0 Å². The number of carboxylic acids is 2. The molecule has 0 aromatic rings. The van der Waals surface area contributed by atoms with Crippen molar-refractivity contribution < 1.29 is 19.8 Å². The highest BCUT2D eigenvalue weighted by Gasteiger charge is 2.16. The quantitative estimate of drug-likeness (QED) is 0.359. The van der Waals surface area contributed by atoms with E-state index in [4.69, 9.17) is 15.7 Å². The molecule has 66 valence electrons. The fourth-order valence-corrected chi connectivity index (χ4v) is 0.553. The van der Waals surface area contributed by atoms with Crippen LogP contribution < -0.4 is 0 Å². The first-order valence-electron chi connectivity index (χ1n) is 3.06. The van der Waals surface area contributed by atoms with Crippen LogP contribution >= 0.6 is 0 Å². The maximum atomic E-state index is 10.2. The number of rotatable bonds is 5. The van der Waals surface area contributed by atoms with Crippen LogP contribution in [0, 0.1) is 0 Å². The molecule has 0 radical (unpaired) electrons. The van der Waals surface area contributed by atoms with E-state index in [1.165, 1.54) is 0 Å². The summed E-state index contributed by atoms with van der Waals surface area (Å²) in [7, 11) is 0. The number of hydrogen-bond donors (Lipinski definition) is 2. The van der Waals surface area contributed by atoms with Crippen molar-refractivity contribution >= 4 is 11.9 Å². The minimum atomic E-state index is -1.31. The average Bonchev–Trinajstić information content (AvgIpc) is 1.96. The third kappa shape index (κ3) is 4.13. The van der Waals surface area contributed by atoms with Crippen LogP contribution in [0.2, 0.25) is 0 Å². The summed E-state index contributed by atoms with van der Waals surface area (Å²) in [4.78, 5) is 22.5. The maximum absolute atomic E-state index is 10.2. The number of azide groups is 1. The van der Waals surface area contributed by atoms with Gasteiger partial charge in [-0.25, -0.2) is 0 Å². The molecule has 0 rings (SSSR count). The van der Waals surface area contributed by atoms with Gasteiger partial charge in [0.2, 0.25) is 0 Å². The predicted molar refractivity (Wildman–Crippen MR) is 37.4 cm³/mol. The molecular formula is C5H7N3O4. The monoisotopic (exact) mass is 173 g/mol. The molecule has 0 aromatic carbocycles. The number of aliphatic carboxylic acids is 2. The van der Waals surface area contributed by atoms with Crippen LogP contribution in [-0.4, -0.2) is 28.2 Å². The Hall–Kier alpha value is -1.75.